The van der Waals surface area contributed by atoms with Crippen LogP contribution in [0.4, 0.5) is 9.59 Å². The number of benzene rings is 1. The van der Waals surface area contributed by atoms with Crippen LogP contribution in [-0.4, -0.2) is 102 Å². The van der Waals surface area contributed by atoms with Crippen LogP contribution in [0.25, 0.3) is 6.08 Å². The molecule has 0 spiro atoms. The normalized spacial score (nSPS) is 29.9. The molecule has 1 aromatic rings. The number of hydrogen-bond acceptors (Lipinski definition) is 8. The second kappa shape index (κ2) is 14.2. The molecule has 52 heavy (non-hydrogen) atoms. The Balaban J connectivity index is 1.18. The van der Waals surface area contributed by atoms with Gasteiger partial charge in [0.15, 0.2) is 0 Å². The molecule has 3 aliphatic carbocycles. The number of urea groups is 1. The quantitative estimate of drug-likeness (QED) is 0.359. The first kappa shape index (κ1) is 36.0. The third-order valence-corrected chi connectivity index (χ3v) is 13.4. The van der Waals surface area contributed by atoms with Gasteiger partial charge < -0.3 is 25.2 Å². The van der Waals surface area contributed by atoms with Gasteiger partial charge in [-0.3, -0.25) is 24.0 Å². The number of fused-ring (bicyclic) bond motifs is 3. The smallest absolute Gasteiger partial charge is 0.410 e. The minimum atomic E-state index is -3.90. The van der Waals surface area contributed by atoms with Crippen LogP contribution in [0.2, 0.25) is 0 Å². The van der Waals surface area contributed by atoms with E-state index in [-0.39, 0.29) is 25.3 Å². The number of amides is 6. The first-order valence-electron chi connectivity index (χ1n) is 18.5. The molecule has 0 aromatic heterocycles. The fourth-order valence-electron chi connectivity index (χ4n) is 8.19. The molecule has 6 amide bonds. The van der Waals surface area contributed by atoms with E-state index in [1.165, 1.54) is 11.0 Å². The fourth-order valence-corrected chi connectivity index (χ4v) is 9.56. The Kier molecular flexibility index (Phi) is 9.83. The molecule has 5 atom stereocenters. The molecule has 3 aliphatic heterocycles. The first-order chi connectivity index (χ1) is 24.9. The van der Waals surface area contributed by atoms with Crippen LogP contribution in [-0.2, 0) is 42.2 Å². The van der Waals surface area contributed by atoms with Gasteiger partial charge in [-0.1, -0.05) is 55.7 Å². The lowest BCUT2D eigenvalue weighted by atomic mass is 9.83. The van der Waals surface area contributed by atoms with Gasteiger partial charge in [-0.2, -0.15) is 0 Å². The highest BCUT2D eigenvalue weighted by Crippen LogP contribution is 2.45. The molecule has 3 heterocycles. The Bertz CT molecular complexity index is 1790. The molecule has 4 fully saturated rings. The summed E-state index contributed by atoms with van der Waals surface area (Å²) in [5.41, 5.74) is 1.43. The molecule has 0 unspecified atom stereocenters. The summed E-state index contributed by atoms with van der Waals surface area (Å²) in [5.74, 6) is -2.66. The van der Waals surface area contributed by atoms with Gasteiger partial charge in [0.2, 0.25) is 21.8 Å². The van der Waals surface area contributed by atoms with E-state index in [4.69, 9.17) is 4.74 Å². The lowest BCUT2D eigenvalue weighted by molar-refractivity contribution is -0.142. The Morgan fingerprint density at radius 1 is 1.08 bits per heavy atom. The average molecular weight is 737 g/mol. The Hall–Kier alpha value is -4.40. The van der Waals surface area contributed by atoms with E-state index in [0.29, 0.717) is 38.9 Å². The van der Waals surface area contributed by atoms with Gasteiger partial charge in [0.05, 0.1) is 18.3 Å². The molecular formula is C37H48N6O8S. The van der Waals surface area contributed by atoms with Crippen molar-refractivity contribution in [2.45, 2.75) is 106 Å². The highest BCUT2D eigenvalue weighted by atomic mass is 32.2. The Morgan fingerprint density at radius 2 is 1.85 bits per heavy atom. The zero-order valence-electron chi connectivity index (χ0n) is 29.6. The van der Waals surface area contributed by atoms with Gasteiger partial charge in [-0.25, -0.2) is 18.0 Å². The molecular weight excluding hydrogens is 689 g/mol. The predicted molar refractivity (Wildman–Crippen MR) is 191 cm³/mol. The first-order valence-corrected chi connectivity index (χ1v) is 20.0. The molecule has 4 bridgehead atoms. The van der Waals surface area contributed by atoms with Gasteiger partial charge in [-0.15, -0.1) is 6.58 Å². The van der Waals surface area contributed by atoms with Crippen molar-refractivity contribution in [3.63, 3.8) is 0 Å². The number of nitrogens with one attached hydrogen (secondary N) is 3. The van der Waals surface area contributed by atoms with E-state index < -0.39 is 74.8 Å². The summed E-state index contributed by atoms with van der Waals surface area (Å²) in [7, 11) is -2.21. The summed E-state index contributed by atoms with van der Waals surface area (Å²) in [5, 5.41) is 5.14. The van der Waals surface area contributed by atoms with Crippen LogP contribution in [0.15, 0.2) is 36.9 Å². The van der Waals surface area contributed by atoms with Crippen LogP contribution in [0, 0.1) is 11.8 Å². The van der Waals surface area contributed by atoms with E-state index in [1.54, 1.807) is 16.8 Å². The van der Waals surface area contributed by atoms with Crippen LogP contribution < -0.4 is 15.4 Å². The summed E-state index contributed by atoms with van der Waals surface area (Å²) in [4.78, 5) is 74.1. The number of carbonyl (C=O) groups excluding carboxylic acids is 5. The van der Waals surface area contributed by atoms with Crippen molar-refractivity contribution in [1.29, 1.82) is 0 Å². The van der Waals surface area contributed by atoms with Crippen molar-refractivity contribution < 1.29 is 37.1 Å². The third-order valence-electron chi connectivity index (χ3n) is 11.6. The largest absolute Gasteiger partial charge is 0.444 e. The second-order valence-electron chi connectivity index (χ2n) is 15.2. The number of sulfonamides is 1. The van der Waals surface area contributed by atoms with Crippen molar-refractivity contribution in [2.24, 2.45) is 11.8 Å². The van der Waals surface area contributed by atoms with Crippen LogP contribution in [0.1, 0.15) is 80.9 Å². The lowest BCUT2D eigenvalue weighted by Crippen LogP contribution is -2.60. The highest BCUT2D eigenvalue weighted by molar-refractivity contribution is 7.91. The number of nitrogens with zero attached hydrogens (tertiary/aromatic N) is 3. The van der Waals surface area contributed by atoms with Crippen LogP contribution >= 0.6 is 0 Å². The third kappa shape index (κ3) is 7.15. The summed E-state index contributed by atoms with van der Waals surface area (Å²) < 4.78 is 33.5. The minimum Gasteiger partial charge on any atom is -0.444 e. The number of ether oxygens (including phenoxy) is 1. The number of hydrogen-bond donors (Lipinski definition) is 3. The van der Waals surface area contributed by atoms with Gasteiger partial charge >= 0.3 is 12.1 Å². The number of rotatable bonds is 7. The zero-order chi connectivity index (χ0) is 36.8. The molecule has 7 rings (SSSR count). The standard InChI is InChI=1S/C37H48N6O8S/c1-3-26-19-37(26,34(46)40-52(49,50)28-15-16-28)39-32(44)30-18-27-21-43(30)33(45)31(24-11-5-4-6-12-24)38-35(47)41(2)17-8-7-10-23-13-9-14-25-20-42(22-29(23)25)36(48)51-27/h3,7,9-10,13-14,24,26-28,30-31H,1,4-6,8,11-12,15-22H2,2H3,(H,38,47)(H,39,44)(H,40,46)/t26-,27-,30+,31+,37-/m1/s1. The predicted octanol–water partition coefficient (Wildman–Crippen LogP) is 2.78. The summed E-state index contributed by atoms with van der Waals surface area (Å²) in [6, 6.07) is 3.41. The van der Waals surface area contributed by atoms with Gasteiger partial charge in [-0.05, 0) is 61.1 Å². The molecule has 14 nitrogen and oxygen atoms in total. The average Bonchev–Trinajstić information content (AvgIpc) is 4.02. The van der Waals surface area contributed by atoms with Crippen LogP contribution in [0.3, 0.4) is 0 Å². The molecule has 1 saturated heterocycles. The SMILES string of the molecule is C=C[C@@H]1C[C@]1(NC(=O)[C@@H]1C[C@@H]2CN1C(=O)[C@H](C1CCCCC1)NC(=O)N(C)CCC=Cc1cccc3c1CN(C3)C(=O)O2)C(=O)NS(=O)(=O)C1CC1. The maximum absolute atomic E-state index is 14.7. The van der Waals surface area contributed by atoms with E-state index in [0.717, 1.165) is 48.8 Å². The summed E-state index contributed by atoms with van der Waals surface area (Å²) in [6.07, 6.45) is 9.94. The fraction of sp³-hybridized carbons (Fsp3) is 0.595. The lowest BCUT2D eigenvalue weighted by Gasteiger charge is -2.35. The van der Waals surface area contributed by atoms with E-state index in [1.807, 2.05) is 30.4 Å². The van der Waals surface area contributed by atoms with Crippen molar-refractivity contribution in [2.75, 3.05) is 20.1 Å². The molecule has 1 aromatic carbocycles. The molecule has 6 aliphatic rings. The van der Waals surface area contributed by atoms with Crippen molar-refractivity contribution in [1.82, 2.24) is 30.1 Å². The second-order valence-corrected chi connectivity index (χ2v) is 17.2. The monoisotopic (exact) mass is 736 g/mol. The maximum Gasteiger partial charge on any atom is 0.410 e. The molecule has 3 N–H and O–H groups in total. The van der Waals surface area contributed by atoms with Gasteiger partial charge in [0, 0.05) is 32.5 Å². The topological polar surface area (TPSA) is 175 Å². The van der Waals surface area contributed by atoms with E-state index >= 15 is 0 Å². The maximum atomic E-state index is 14.7. The Morgan fingerprint density at radius 3 is 2.56 bits per heavy atom. The van der Waals surface area contributed by atoms with Crippen molar-refractivity contribution >= 4 is 45.9 Å². The molecule has 15 heteroatoms. The van der Waals surface area contributed by atoms with E-state index in [2.05, 4.69) is 21.9 Å². The van der Waals surface area contributed by atoms with Gasteiger partial charge in [0.25, 0.3) is 5.91 Å². The molecule has 3 saturated carbocycles. The minimum absolute atomic E-state index is 0.0415. The van der Waals surface area contributed by atoms with E-state index in [9.17, 15) is 32.4 Å². The summed E-state index contributed by atoms with van der Waals surface area (Å²) >= 11 is 0. The Labute approximate surface area is 304 Å². The molecule has 0 radical (unpaired) electrons. The summed E-state index contributed by atoms with van der Waals surface area (Å²) in [6.45, 7) is 4.78. The van der Waals surface area contributed by atoms with Crippen molar-refractivity contribution in [3.8, 4) is 0 Å². The number of carbonyl (C=O) groups is 5. The molecule has 280 valence electrons. The van der Waals surface area contributed by atoms with Crippen molar-refractivity contribution in [3.05, 3.63) is 53.6 Å². The zero-order valence-corrected chi connectivity index (χ0v) is 30.4. The van der Waals surface area contributed by atoms with Gasteiger partial charge in [0.1, 0.15) is 23.7 Å². The van der Waals surface area contributed by atoms with Crippen LogP contribution in [0.5, 0.6) is 0 Å². The highest BCUT2D eigenvalue weighted by Gasteiger charge is 2.62.